The van der Waals surface area contributed by atoms with E-state index in [1.54, 1.807) is 55.4 Å². The van der Waals surface area contributed by atoms with Gasteiger partial charge >= 0.3 is 23.9 Å². The number of nitrogens with zero attached hydrogens (tertiary/aromatic N) is 4. The molecular weight excluding hydrogens is 1410 g/mol. The number of amides is 1. The summed E-state index contributed by atoms with van der Waals surface area (Å²) >= 11 is 14.7. The van der Waals surface area contributed by atoms with Crippen LogP contribution < -0.4 is 44.9 Å². The smallest absolute Gasteiger partial charge is 0.323 e. The van der Waals surface area contributed by atoms with Gasteiger partial charge < -0.3 is 112 Å². The Balaban J connectivity index is 0.000000254. The van der Waals surface area contributed by atoms with Crippen LogP contribution in [-0.4, -0.2) is 233 Å². The second-order valence-corrected chi connectivity index (χ2v) is 25.0. The zero-order valence-electron chi connectivity index (χ0n) is 60.1. The van der Waals surface area contributed by atoms with Gasteiger partial charge in [-0.1, -0.05) is 62.0 Å². The van der Waals surface area contributed by atoms with Crippen molar-refractivity contribution in [3.63, 3.8) is 0 Å². The van der Waals surface area contributed by atoms with E-state index in [0.29, 0.717) is 4.90 Å². The minimum absolute atomic E-state index is 0.133. The lowest BCUT2D eigenvalue weighted by molar-refractivity contribution is -0.219. The molecule has 3 aromatic rings. The third-order valence-electron chi connectivity index (χ3n) is 15.0. The monoisotopic (exact) mass is 1500 g/mol. The SMILES string of the molecule is CC(C)[C@H](N)C(=O)OC[C@@]1(F)O[C@@H](n2ccc(=O)[nH]c2=S)[C@H](O)[C@@H]1O.[2H]C([2H])(OC(=O)[C@@H](N)C(C)C)[C@@]1(F)O[C@@H](n2ccc(=O)[nH]c2=S)[C@H](O)[C@@H]1O.[2H]C([2H])(OC(=O)[C@@H](N)C(C)C)[C@@]1(F)O[C@@]([2H])(N2C=CC(=O)NC2=C)[C@H](O)[C@@H]1O.[2H][C@@]1(n2ccc(=O)[nH]c2=S)O[C@](F)(COC(=O)[C@@H](N)C(C)C)[C@@H](O)[C@H]1O. The first kappa shape index (κ1) is 74.2. The largest absolute Gasteiger partial charge is 0.458 e. The van der Waals surface area contributed by atoms with Crippen LogP contribution in [0.1, 0.15) is 82.3 Å². The van der Waals surface area contributed by atoms with Crippen LogP contribution in [0.3, 0.4) is 0 Å². The lowest BCUT2D eigenvalue weighted by Crippen LogP contribution is -2.46. The van der Waals surface area contributed by atoms with Crippen molar-refractivity contribution in [1.29, 1.82) is 0 Å². The maximum atomic E-state index is 15.4. The summed E-state index contributed by atoms with van der Waals surface area (Å²) in [7, 11) is 0. The summed E-state index contributed by atoms with van der Waals surface area (Å²) in [6.45, 7) is 7.21. The highest BCUT2D eigenvalue weighted by Gasteiger charge is 2.61. The van der Waals surface area contributed by atoms with Crippen LogP contribution in [-0.2, 0) is 61.9 Å². The average molecular weight is 1500 g/mol. The molecule has 43 heteroatoms. The molecule has 5 aliphatic rings. The summed E-state index contributed by atoms with van der Waals surface area (Å²) in [4.78, 5) is 99.7. The Labute approximate surface area is 588 Å². The van der Waals surface area contributed by atoms with E-state index in [-0.39, 0.29) is 32.0 Å². The predicted octanol–water partition coefficient (Wildman–Crippen LogP) is -3.28. The van der Waals surface area contributed by atoms with Crippen LogP contribution in [0.15, 0.2) is 75.8 Å². The van der Waals surface area contributed by atoms with Gasteiger partial charge in [0.05, 0.1) is 8.22 Å². The summed E-state index contributed by atoms with van der Waals surface area (Å²) in [5, 5.41) is 82.9. The van der Waals surface area contributed by atoms with Crippen molar-refractivity contribution < 1.29 is 129 Å². The maximum Gasteiger partial charge on any atom is 0.323 e. The average Bonchev–Trinajstić information content (AvgIpc) is 1.49. The molecule has 1 amide bonds. The molecule has 8 heterocycles. The Hall–Kier alpha value is -6.99. The second kappa shape index (κ2) is 34.3. The Morgan fingerprint density at radius 2 is 0.830 bits per heavy atom. The van der Waals surface area contributed by atoms with Crippen molar-refractivity contribution in [2.45, 2.75) is 177 Å². The van der Waals surface area contributed by atoms with Crippen molar-refractivity contribution in [2.75, 3.05) is 26.3 Å². The minimum Gasteiger partial charge on any atom is -0.458 e. The molecule has 3 aromatic heterocycles. The number of aliphatic hydroxyl groups excluding tert-OH is 8. The number of carbonyl (C=O) groups is 5. The minimum atomic E-state index is -3.84. The van der Waals surface area contributed by atoms with Crippen molar-refractivity contribution in [1.82, 2.24) is 38.9 Å². The lowest BCUT2D eigenvalue weighted by atomic mass is 10.1. The number of esters is 4. The number of nitrogens with one attached hydrogen (secondary N) is 4. The fourth-order valence-corrected chi connectivity index (χ4v) is 9.25. The van der Waals surface area contributed by atoms with Gasteiger partial charge in [0, 0.05) is 49.1 Å². The molecule has 0 unspecified atom stereocenters. The first-order valence-electron chi connectivity index (χ1n) is 32.7. The number of aromatic amines is 3. The van der Waals surface area contributed by atoms with E-state index in [0.717, 1.165) is 56.6 Å². The van der Waals surface area contributed by atoms with Gasteiger partial charge in [0.1, 0.15) is 78.8 Å². The molecule has 5 aliphatic heterocycles. The van der Waals surface area contributed by atoms with Crippen molar-refractivity contribution in [3.8, 4) is 0 Å². The van der Waals surface area contributed by atoms with E-state index in [1.165, 1.54) is 6.20 Å². The summed E-state index contributed by atoms with van der Waals surface area (Å²) in [6, 6.07) is -1.43. The highest BCUT2D eigenvalue weighted by atomic mass is 32.1. The number of hydrogen-bond acceptors (Lipinski definition) is 32. The third kappa shape index (κ3) is 19.8. The van der Waals surface area contributed by atoms with E-state index in [1.807, 2.05) is 0 Å². The van der Waals surface area contributed by atoms with E-state index < -0.39 is 206 Å². The Kier molecular flexibility index (Phi) is 25.5. The molecule has 20 atom stereocenters. The highest BCUT2D eigenvalue weighted by Crippen LogP contribution is 2.42. The topological polar surface area (TPSA) is 554 Å². The summed E-state index contributed by atoms with van der Waals surface area (Å²) in [6.07, 6.45) is -20.9. The molecule has 4 fully saturated rings. The van der Waals surface area contributed by atoms with Gasteiger partial charge in [0.25, 0.3) is 46.0 Å². The van der Waals surface area contributed by atoms with E-state index in [9.17, 15) is 88.0 Å². The number of rotatable bonds is 20. The van der Waals surface area contributed by atoms with Gasteiger partial charge in [-0.05, 0) is 60.3 Å². The molecular formula is C57H82F4N12O24S3. The van der Waals surface area contributed by atoms with Gasteiger partial charge in [-0.15, -0.1) is 0 Å². The molecule has 0 aromatic carbocycles. The van der Waals surface area contributed by atoms with Crippen molar-refractivity contribution in [2.24, 2.45) is 46.6 Å². The standard InChI is InChI=1S/C15H22FN3O6.3C14H20FN3O6S/c1-7(2)10(17)14(23)24-6-15(16)12(22)11(21)13(25-15)19-5-4-9(20)18-8(19)3;3*1-6(2)8(16)12(22)23-5-14(15)10(21)9(20)11(24-14)18-4-3-7(19)17-13(18)25/h4-5,7,10-13,21-22H,3,6,17H2,1-2H3,(H,18,20);3*3-4,6,8-11,20-21H,5,16H2,1-2H3,(H,17,19,25)/t10-,11+,12-,13+,15+;3*8-,9+,10-,11+,14+/m0000/s1/i6D2,13D;11D;5D2;. The van der Waals surface area contributed by atoms with Crippen LogP contribution >= 0.6 is 36.7 Å². The highest BCUT2D eigenvalue weighted by molar-refractivity contribution is 7.71. The van der Waals surface area contributed by atoms with Gasteiger partial charge in [-0.25, -0.2) is 17.6 Å². The second-order valence-electron chi connectivity index (χ2n) is 23.9. The summed E-state index contributed by atoms with van der Waals surface area (Å²) in [5.41, 5.74) is 20.7. The molecule has 8 rings (SSSR count). The van der Waals surface area contributed by atoms with Crippen LogP contribution in [0.4, 0.5) is 17.6 Å². The number of alkyl halides is 4. The fraction of sp³-hybridized carbons (Fsp3) is 0.632. The molecule has 0 bridgehead atoms. The van der Waals surface area contributed by atoms with E-state index in [4.69, 9.17) is 96.2 Å². The quantitative estimate of drug-likeness (QED) is 0.0228. The van der Waals surface area contributed by atoms with Gasteiger partial charge in [0.15, 0.2) is 65.5 Å². The fourth-order valence-electron chi connectivity index (χ4n) is 8.47. The first-order chi connectivity index (χ1) is 48.5. The van der Waals surface area contributed by atoms with Crippen molar-refractivity contribution in [3.05, 3.63) is 107 Å². The Morgan fingerprint density at radius 1 is 0.530 bits per heavy atom. The Bertz CT molecular complexity index is 4140. The number of carbonyl (C=O) groups excluding carboxylic acids is 5. The number of halogens is 4. The summed E-state index contributed by atoms with van der Waals surface area (Å²) < 4.78 is 148. The lowest BCUT2D eigenvalue weighted by Gasteiger charge is -2.32. The number of hydrogen-bond donors (Lipinski definition) is 16. The van der Waals surface area contributed by atoms with E-state index in [2.05, 4.69) is 36.3 Å². The molecule has 4 saturated heterocycles. The number of nitrogens with two attached hydrogens (primary N) is 4. The number of H-pyrrole nitrogens is 3. The molecule has 560 valence electrons. The van der Waals surface area contributed by atoms with Crippen LogP contribution in [0.2, 0.25) is 0 Å². The molecule has 0 aliphatic carbocycles. The van der Waals surface area contributed by atoms with Crippen molar-refractivity contribution >= 4 is 66.4 Å². The van der Waals surface area contributed by atoms with Crippen LogP contribution in [0.25, 0.3) is 0 Å². The van der Waals surface area contributed by atoms with Gasteiger partial charge in [-0.2, -0.15) is 0 Å². The number of aromatic nitrogens is 6. The molecule has 0 saturated carbocycles. The molecule has 0 spiro atoms. The zero-order valence-corrected chi connectivity index (χ0v) is 56.5. The van der Waals surface area contributed by atoms with Gasteiger partial charge in [0.2, 0.25) is 0 Å². The third-order valence-corrected chi connectivity index (χ3v) is 15.9. The normalized spacial score (nSPS) is 33.9. The number of ether oxygens (including phenoxy) is 8. The van der Waals surface area contributed by atoms with Gasteiger partial charge in [-0.3, -0.25) is 67.0 Å². The molecule has 20 N–H and O–H groups in total. The molecule has 0 radical (unpaired) electrons. The zero-order chi connectivity index (χ0) is 81.2. The molecule has 100 heavy (non-hydrogen) atoms. The molecule has 36 nitrogen and oxygen atoms in total. The maximum absolute atomic E-state index is 15.4. The first-order valence-corrected chi connectivity index (χ1v) is 30.9. The summed E-state index contributed by atoms with van der Waals surface area (Å²) in [5.74, 6) is -20.0. The van der Waals surface area contributed by atoms with Crippen LogP contribution in [0, 0.1) is 38.0 Å². The number of aliphatic hydroxyl groups is 8. The predicted molar refractivity (Wildman–Crippen MR) is 340 cm³/mol. The van der Waals surface area contributed by atoms with Crippen LogP contribution in [0.5, 0.6) is 0 Å². The Morgan fingerprint density at radius 3 is 1.20 bits per heavy atom. The van der Waals surface area contributed by atoms with E-state index >= 15 is 8.78 Å².